The van der Waals surface area contributed by atoms with Crippen LogP contribution in [0.2, 0.25) is 5.02 Å². The smallest absolute Gasteiger partial charge is 0.299 e. The van der Waals surface area contributed by atoms with Gasteiger partial charge in [-0.25, -0.2) is 4.79 Å². The number of rotatable bonds is 6. The predicted octanol–water partition coefficient (Wildman–Crippen LogP) is 3.91. The highest BCUT2D eigenvalue weighted by Crippen LogP contribution is 2.22. The fourth-order valence-corrected chi connectivity index (χ4v) is 4.09. The molecule has 1 aliphatic heterocycles. The van der Waals surface area contributed by atoms with Crippen molar-refractivity contribution in [3.05, 3.63) is 86.0 Å². The minimum Gasteiger partial charge on any atom is -0.299 e. The number of aromatic amines is 1. The number of halogens is 1. The van der Waals surface area contributed by atoms with E-state index in [2.05, 4.69) is 40.2 Å². The van der Waals surface area contributed by atoms with E-state index in [9.17, 15) is 9.59 Å². The van der Waals surface area contributed by atoms with Crippen molar-refractivity contribution in [1.29, 1.82) is 0 Å². The molecule has 0 spiro atoms. The third-order valence-electron chi connectivity index (χ3n) is 5.50. The molecule has 29 heavy (non-hydrogen) atoms. The van der Waals surface area contributed by atoms with Gasteiger partial charge in [0.2, 0.25) is 0 Å². The molecular formula is C23H24ClN3O2. The molecule has 1 aromatic heterocycles. The number of hydrogen-bond donors (Lipinski definition) is 1. The Kier molecular flexibility index (Phi) is 5.97. The zero-order chi connectivity index (χ0) is 20.2. The Hall–Kier alpha value is -2.63. The quantitative estimate of drug-likeness (QED) is 0.628. The number of unbranched alkanes of at least 4 members (excludes halogenated alkanes) is 1. The first-order valence-corrected chi connectivity index (χ1v) is 10.4. The van der Waals surface area contributed by atoms with Gasteiger partial charge in [0.15, 0.2) is 0 Å². The zero-order valence-electron chi connectivity index (χ0n) is 16.2. The van der Waals surface area contributed by atoms with Crippen LogP contribution < -0.4 is 11.2 Å². The first kappa shape index (κ1) is 19.7. The van der Waals surface area contributed by atoms with Gasteiger partial charge in [0, 0.05) is 24.7 Å². The average molecular weight is 410 g/mol. The van der Waals surface area contributed by atoms with E-state index in [4.69, 9.17) is 11.6 Å². The molecule has 5 nitrogen and oxygen atoms in total. The summed E-state index contributed by atoms with van der Waals surface area (Å²) in [7, 11) is 0. The Labute approximate surface area is 174 Å². The highest BCUT2D eigenvalue weighted by atomic mass is 35.5. The number of benzene rings is 2. The highest BCUT2D eigenvalue weighted by Gasteiger charge is 2.13. The number of nitrogens with zero attached hydrogens (tertiary/aromatic N) is 2. The van der Waals surface area contributed by atoms with Gasteiger partial charge < -0.3 is 0 Å². The third-order valence-corrected chi connectivity index (χ3v) is 5.74. The van der Waals surface area contributed by atoms with E-state index in [-0.39, 0.29) is 5.69 Å². The number of fused-ring (bicyclic) bond motifs is 1. The molecule has 6 heteroatoms. The maximum absolute atomic E-state index is 12.3. The van der Waals surface area contributed by atoms with Crippen molar-refractivity contribution in [2.24, 2.45) is 0 Å². The number of aryl methyl sites for hydroxylation is 1. The molecule has 0 aliphatic carbocycles. The van der Waals surface area contributed by atoms with Crippen LogP contribution in [0.4, 0.5) is 0 Å². The van der Waals surface area contributed by atoms with Crippen LogP contribution in [0.3, 0.4) is 0 Å². The number of nitrogens with one attached hydrogen (secondary N) is 1. The molecule has 2 aromatic carbocycles. The van der Waals surface area contributed by atoms with Crippen molar-refractivity contribution < 1.29 is 0 Å². The van der Waals surface area contributed by atoms with Crippen LogP contribution in [-0.2, 0) is 6.54 Å². The van der Waals surface area contributed by atoms with Gasteiger partial charge in [0.05, 0.1) is 10.9 Å². The maximum Gasteiger partial charge on any atom is 0.328 e. The second kappa shape index (κ2) is 8.80. The summed E-state index contributed by atoms with van der Waals surface area (Å²) in [5, 5.41) is 0.938. The molecule has 0 atom stereocenters. The molecule has 2 heterocycles. The molecule has 0 fully saturated rings. The molecule has 0 radical (unpaired) electrons. The van der Waals surface area contributed by atoms with Crippen LogP contribution in [0.5, 0.6) is 0 Å². The molecular weight excluding hydrogens is 386 g/mol. The number of hydrogen-bond acceptors (Lipinski definition) is 3. The lowest BCUT2D eigenvalue weighted by Crippen LogP contribution is -2.31. The van der Waals surface area contributed by atoms with E-state index in [1.165, 1.54) is 11.1 Å². The van der Waals surface area contributed by atoms with Crippen molar-refractivity contribution in [3.8, 4) is 0 Å². The van der Waals surface area contributed by atoms with Crippen molar-refractivity contribution in [2.75, 3.05) is 19.6 Å². The Morgan fingerprint density at radius 1 is 1.00 bits per heavy atom. The van der Waals surface area contributed by atoms with E-state index in [1.54, 1.807) is 22.8 Å². The summed E-state index contributed by atoms with van der Waals surface area (Å²) < 4.78 is 1.64. The summed E-state index contributed by atoms with van der Waals surface area (Å²) in [6.07, 6.45) is 5.25. The summed E-state index contributed by atoms with van der Waals surface area (Å²) in [4.78, 5) is 29.1. The summed E-state index contributed by atoms with van der Waals surface area (Å²) >= 11 is 5.99. The number of H-pyrrole nitrogens is 1. The zero-order valence-corrected chi connectivity index (χ0v) is 17.0. The van der Waals surface area contributed by atoms with E-state index in [1.807, 2.05) is 6.07 Å². The summed E-state index contributed by atoms with van der Waals surface area (Å²) in [5.41, 5.74) is 2.62. The van der Waals surface area contributed by atoms with Crippen LogP contribution in [0.15, 0.2) is 64.2 Å². The van der Waals surface area contributed by atoms with Crippen LogP contribution in [0.25, 0.3) is 16.5 Å². The molecule has 4 rings (SSSR count). The second-order valence-electron chi connectivity index (χ2n) is 7.43. The van der Waals surface area contributed by atoms with Gasteiger partial charge in [-0.2, -0.15) is 0 Å². The van der Waals surface area contributed by atoms with Gasteiger partial charge >= 0.3 is 5.69 Å². The van der Waals surface area contributed by atoms with Crippen LogP contribution in [0.1, 0.15) is 24.8 Å². The van der Waals surface area contributed by atoms with Crippen molar-refractivity contribution in [1.82, 2.24) is 14.5 Å². The molecule has 0 saturated heterocycles. The van der Waals surface area contributed by atoms with Gasteiger partial charge in [-0.15, -0.1) is 0 Å². The Morgan fingerprint density at radius 3 is 2.55 bits per heavy atom. The minimum absolute atomic E-state index is 0.363. The third kappa shape index (κ3) is 4.52. The van der Waals surface area contributed by atoms with Crippen LogP contribution in [-0.4, -0.2) is 34.1 Å². The molecule has 1 N–H and O–H groups in total. The van der Waals surface area contributed by atoms with E-state index in [0.29, 0.717) is 22.5 Å². The Balaban J connectivity index is 1.34. The lowest BCUT2D eigenvalue weighted by atomic mass is 9.99. The molecule has 150 valence electrons. The van der Waals surface area contributed by atoms with Crippen molar-refractivity contribution in [2.45, 2.75) is 25.8 Å². The average Bonchev–Trinajstić information content (AvgIpc) is 2.74. The molecule has 0 bridgehead atoms. The molecule has 0 saturated carbocycles. The summed E-state index contributed by atoms with van der Waals surface area (Å²) in [6, 6.07) is 15.6. The highest BCUT2D eigenvalue weighted by molar-refractivity contribution is 6.31. The molecule has 0 unspecified atom stereocenters. The van der Waals surface area contributed by atoms with E-state index in [0.717, 1.165) is 38.9 Å². The Morgan fingerprint density at radius 2 is 1.79 bits per heavy atom. The largest absolute Gasteiger partial charge is 0.328 e. The molecule has 1 aliphatic rings. The molecule has 0 amide bonds. The van der Waals surface area contributed by atoms with Gasteiger partial charge in [-0.05, 0) is 55.1 Å². The first-order chi connectivity index (χ1) is 14.1. The predicted molar refractivity (Wildman–Crippen MR) is 119 cm³/mol. The summed E-state index contributed by atoms with van der Waals surface area (Å²) in [5.74, 6) is 0. The van der Waals surface area contributed by atoms with E-state index < -0.39 is 5.56 Å². The SMILES string of the molecule is O=c1[nH]c(=O)n(CCCCN2CC=C(c3ccccc3)CC2)c2ccc(Cl)cc12. The van der Waals surface area contributed by atoms with Gasteiger partial charge in [0.1, 0.15) is 0 Å². The van der Waals surface area contributed by atoms with Crippen LogP contribution >= 0.6 is 11.6 Å². The lowest BCUT2D eigenvalue weighted by Gasteiger charge is -2.26. The minimum atomic E-state index is -0.391. The Bertz CT molecular complexity index is 1150. The first-order valence-electron chi connectivity index (χ1n) is 10.0. The fraction of sp³-hybridized carbons (Fsp3) is 0.304. The molecule has 3 aromatic rings. The fourth-order valence-electron chi connectivity index (χ4n) is 3.92. The van der Waals surface area contributed by atoms with Crippen molar-refractivity contribution in [3.63, 3.8) is 0 Å². The van der Waals surface area contributed by atoms with E-state index >= 15 is 0 Å². The number of aromatic nitrogens is 2. The van der Waals surface area contributed by atoms with Gasteiger partial charge in [-0.1, -0.05) is 48.0 Å². The van der Waals surface area contributed by atoms with Gasteiger partial charge in [0.25, 0.3) is 5.56 Å². The normalized spacial score (nSPS) is 14.9. The topological polar surface area (TPSA) is 58.1 Å². The summed E-state index contributed by atoms with van der Waals surface area (Å²) in [6.45, 7) is 3.60. The van der Waals surface area contributed by atoms with Crippen molar-refractivity contribution >= 4 is 28.1 Å². The monoisotopic (exact) mass is 409 g/mol. The maximum atomic E-state index is 12.3. The standard InChI is InChI=1S/C23H24ClN3O2/c24-19-8-9-21-20(16-19)22(28)25-23(29)27(21)13-5-4-12-26-14-10-18(11-15-26)17-6-2-1-3-7-17/h1-3,6-10,16H,4-5,11-15H2,(H,25,28,29). The lowest BCUT2D eigenvalue weighted by molar-refractivity contribution is 0.292. The second-order valence-corrected chi connectivity index (χ2v) is 7.86. The van der Waals surface area contributed by atoms with Crippen LogP contribution in [0, 0.1) is 0 Å². The van der Waals surface area contributed by atoms with Gasteiger partial charge in [-0.3, -0.25) is 19.2 Å².